The van der Waals surface area contributed by atoms with Crippen molar-refractivity contribution in [1.29, 1.82) is 0 Å². The predicted molar refractivity (Wildman–Crippen MR) is 182 cm³/mol. The molecule has 0 aliphatic carbocycles. The molecule has 3 saturated heterocycles. The molecule has 0 bridgehead atoms. The van der Waals surface area contributed by atoms with Gasteiger partial charge < -0.3 is 46.8 Å². The number of aliphatic hydroxyl groups is 3. The zero-order valence-corrected chi connectivity index (χ0v) is 29.7. The van der Waals surface area contributed by atoms with Crippen molar-refractivity contribution < 1.29 is 44.1 Å². The number of aliphatic hydroxyl groups excluding tert-OH is 2. The van der Waals surface area contributed by atoms with Gasteiger partial charge in [0.1, 0.15) is 48.0 Å². The second kappa shape index (κ2) is 14.7. The lowest BCUT2D eigenvalue weighted by Crippen LogP contribution is -2.68. The molecular formula is C34H50N8O9. The lowest BCUT2D eigenvalue weighted by molar-refractivity contribution is -0.154. The van der Waals surface area contributed by atoms with E-state index >= 15 is 0 Å². The number of hydrogen-bond donors (Lipinski definition) is 9. The van der Waals surface area contributed by atoms with Crippen molar-refractivity contribution in [2.24, 2.45) is 11.8 Å². The first-order valence-electron chi connectivity index (χ1n) is 17.5. The highest BCUT2D eigenvalue weighted by atomic mass is 16.3. The van der Waals surface area contributed by atoms with Gasteiger partial charge in [0.2, 0.25) is 29.5 Å². The lowest BCUT2D eigenvalue weighted by atomic mass is 9.91. The third-order valence-corrected chi connectivity index (χ3v) is 10.0. The Morgan fingerprint density at radius 3 is 2.12 bits per heavy atom. The first-order valence-corrected chi connectivity index (χ1v) is 17.5. The Kier molecular flexibility index (Phi) is 11.0. The molecule has 0 unspecified atom stereocenters. The number of para-hydroxylation sites is 1. The fraction of sp³-hybridized carbons (Fsp3) is 0.647. The average molecular weight is 715 g/mol. The number of carbonyl (C=O) groups is 6. The van der Waals surface area contributed by atoms with Gasteiger partial charge in [0, 0.05) is 30.6 Å². The van der Waals surface area contributed by atoms with Crippen molar-refractivity contribution in [1.82, 2.24) is 36.6 Å². The van der Waals surface area contributed by atoms with E-state index in [1.165, 1.54) is 13.8 Å². The van der Waals surface area contributed by atoms with E-state index in [1.807, 2.05) is 13.8 Å². The quantitative estimate of drug-likeness (QED) is 0.161. The number of hydrazine groups is 1. The van der Waals surface area contributed by atoms with Gasteiger partial charge in [0.25, 0.3) is 5.91 Å². The molecule has 0 saturated carbocycles. The Balaban J connectivity index is 1.58. The summed E-state index contributed by atoms with van der Waals surface area (Å²) in [6.45, 7) is 9.66. The second-order valence-corrected chi connectivity index (χ2v) is 14.8. The van der Waals surface area contributed by atoms with Gasteiger partial charge in [-0.05, 0) is 38.2 Å². The number of β-amino-alcohol motifs (C(OH)–C–C–N with tert-alkyl or cyclic N) is 1. The fourth-order valence-electron chi connectivity index (χ4n) is 7.30. The van der Waals surface area contributed by atoms with Gasteiger partial charge in [-0.2, -0.15) is 0 Å². The Bertz CT molecular complexity index is 1550. The monoisotopic (exact) mass is 714 g/mol. The van der Waals surface area contributed by atoms with Gasteiger partial charge >= 0.3 is 0 Å². The van der Waals surface area contributed by atoms with E-state index in [0.717, 1.165) is 9.91 Å². The number of amides is 6. The van der Waals surface area contributed by atoms with Gasteiger partial charge in [0.15, 0.2) is 0 Å². The minimum atomic E-state index is -1.75. The minimum absolute atomic E-state index is 0.0562. The van der Waals surface area contributed by atoms with Crippen LogP contribution < -0.4 is 32.0 Å². The van der Waals surface area contributed by atoms with Crippen molar-refractivity contribution in [2.45, 2.75) is 121 Å². The topological polar surface area (TPSA) is 242 Å². The second-order valence-electron chi connectivity index (χ2n) is 14.8. The molecule has 0 radical (unpaired) electrons. The highest BCUT2D eigenvalue weighted by Gasteiger charge is 2.61. The molecule has 3 fully saturated rings. The molecule has 51 heavy (non-hydrogen) atoms. The molecule has 1 aromatic carbocycles. The first-order chi connectivity index (χ1) is 23.9. The van der Waals surface area contributed by atoms with Crippen LogP contribution in [-0.2, 0) is 34.4 Å². The summed E-state index contributed by atoms with van der Waals surface area (Å²) in [5, 5.41) is 48.1. The molecule has 4 aliphatic heterocycles. The van der Waals surface area contributed by atoms with Crippen LogP contribution in [0.1, 0.15) is 66.4 Å². The van der Waals surface area contributed by atoms with E-state index in [2.05, 4.69) is 32.0 Å². The summed E-state index contributed by atoms with van der Waals surface area (Å²) in [6, 6.07) is -1.09. The molecule has 17 heteroatoms. The maximum atomic E-state index is 14.5. The average Bonchev–Trinajstić information content (AvgIpc) is 3.52. The summed E-state index contributed by atoms with van der Waals surface area (Å²) in [7, 11) is 0. The molecule has 4 aliphatic rings. The van der Waals surface area contributed by atoms with E-state index < -0.39 is 102 Å². The number of hydrogen-bond acceptors (Lipinski definition) is 11. The number of fused-ring (bicyclic) bond motifs is 6. The lowest BCUT2D eigenvalue weighted by Gasteiger charge is -2.40. The Hall–Kier alpha value is -4.32. The highest BCUT2D eigenvalue weighted by molar-refractivity contribution is 5.99. The van der Waals surface area contributed by atoms with Gasteiger partial charge in [-0.3, -0.25) is 33.8 Å². The molecule has 0 spiro atoms. The van der Waals surface area contributed by atoms with Crippen molar-refractivity contribution in [3.05, 3.63) is 29.8 Å². The standard InChI is InChI=1S/C34H50N8O9/c1-15(2)11-22-28(46)40-26(18(6)43)31(49)41-24(13-34(51)20-9-7-8-10-21(20)38-33(34)41)30(48)36-17(5)27(45)39-25(16(3)4)32(50)42-23(29(47)37-22)12-19(44)14-35-42/h7-10,15-19,22-26,33,35,38,43-44,51H,11-14H2,1-6H3,(H,36,48)(H,37,47)(H,39,45)(H,40,46)/t17-,18+,19-,22+,23-,24+,25+,26-,33+,34-/m1/s1. The number of anilines is 1. The molecule has 4 heterocycles. The van der Waals surface area contributed by atoms with Crippen LogP contribution in [0.4, 0.5) is 5.69 Å². The summed E-state index contributed by atoms with van der Waals surface area (Å²) in [5.41, 5.74) is 2.00. The number of carbonyl (C=O) groups excluding carboxylic acids is 6. The number of nitrogens with zero attached hydrogens (tertiary/aromatic N) is 2. The van der Waals surface area contributed by atoms with E-state index in [9.17, 15) is 44.1 Å². The number of rotatable bonds is 4. The summed E-state index contributed by atoms with van der Waals surface area (Å²) >= 11 is 0. The molecule has 0 aromatic heterocycles. The summed E-state index contributed by atoms with van der Waals surface area (Å²) in [5.74, 6) is -5.25. The molecule has 10 atom stereocenters. The summed E-state index contributed by atoms with van der Waals surface area (Å²) < 4.78 is 0. The van der Waals surface area contributed by atoms with Crippen LogP contribution in [0.5, 0.6) is 0 Å². The molecular weight excluding hydrogens is 664 g/mol. The van der Waals surface area contributed by atoms with E-state index in [-0.39, 0.29) is 31.7 Å². The first kappa shape index (κ1) is 37.9. The summed E-state index contributed by atoms with van der Waals surface area (Å²) in [6.07, 6.45) is -4.03. The molecule has 5 rings (SSSR count). The van der Waals surface area contributed by atoms with Gasteiger partial charge in [0.05, 0.1) is 12.2 Å². The van der Waals surface area contributed by atoms with Gasteiger partial charge in [-0.15, -0.1) is 0 Å². The Morgan fingerprint density at radius 2 is 1.47 bits per heavy atom. The minimum Gasteiger partial charge on any atom is -0.392 e. The largest absolute Gasteiger partial charge is 0.392 e. The van der Waals surface area contributed by atoms with Crippen LogP contribution in [-0.4, -0.2) is 122 Å². The maximum Gasteiger partial charge on any atom is 0.260 e. The Labute approximate surface area is 296 Å². The Morgan fingerprint density at radius 1 is 0.824 bits per heavy atom. The van der Waals surface area contributed by atoms with E-state index in [1.54, 1.807) is 38.1 Å². The van der Waals surface area contributed by atoms with E-state index in [4.69, 9.17) is 0 Å². The third-order valence-electron chi connectivity index (χ3n) is 10.0. The predicted octanol–water partition coefficient (Wildman–Crippen LogP) is -2.25. The molecule has 6 amide bonds. The number of nitrogens with one attached hydrogen (secondary N) is 6. The zero-order valence-electron chi connectivity index (χ0n) is 29.7. The maximum absolute atomic E-state index is 14.5. The van der Waals surface area contributed by atoms with Crippen molar-refractivity contribution in [2.75, 3.05) is 11.9 Å². The van der Waals surface area contributed by atoms with Gasteiger partial charge in [-0.25, -0.2) is 5.43 Å². The van der Waals surface area contributed by atoms with Crippen LogP contribution in [0.15, 0.2) is 24.3 Å². The highest BCUT2D eigenvalue weighted by Crippen LogP contribution is 2.49. The van der Waals surface area contributed by atoms with Crippen molar-refractivity contribution >= 4 is 41.1 Å². The molecule has 280 valence electrons. The van der Waals surface area contributed by atoms with Crippen LogP contribution in [0.2, 0.25) is 0 Å². The van der Waals surface area contributed by atoms with Crippen molar-refractivity contribution in [3.63, 3.8) is 0 Å². The normalized spacial score (nSPS) is 34.3. The SMILES string of the molecule is CC(C)C[C@@H]1NC(=O)[C@H]2C[C@@H](O)CNN2C(=O)[C@H](C(C)C)NC(=O)[C@@H](C)NC(=O)[C@@H]2C[C@@]3(O)c4ccccc4N[C@H]3N2C(=O)[C@@H]([C@H](C)O)NC1=O. The molecule has 17 nitrogen and oxygen atoms in total. The van der Waals surface area contributed by atoms with Gasteiger partial charge in [-0.1, -0.05) is 45.9 Å². The molecule has 9 N–H and O–H groups in total. The van der Waals surface area contributed by atoms with Crippen LogP contribution in [0.3, 0.4) is 0 Å². The third kappa shape index (κ3) is 7.38. The van der Waals surface area contributed by atoms with Crippen molar-refractivity contribution in [3.8, 4) is 0 Å². The van der Waals surface area contributed by atoms with Crippen LogP contribution in [0.25, 0.3) is 0 Å². The smallest absolute Gasteiger partial charge is 0.260 e. The zero-order chi connectivity index (χ0) is 37.5. The summed E-state index contributed by atoms with van der Waals surface area (Å²) in [4.78, 5) is 84.9. The fourth-order valence-corrected chi connectivity index (χ4v) is 7.30. The van der Waals surface area contributed by atoms with E-state index in [0.29, 0.717) is 11.3 Å². The van der Waals surface area contributed by atoms with Crippen LogP contribution >= 0.6 is 0 Å². The molecule has 1 aromatic rings. The van der Waals surface area contributed by atoms with Crippen LogP contribution in [0, 0.1) is 11.8 Å². The number of benzene rings is 1.